The Hall–Kier alpha value is -3.50. The number of nitrogens with zero attached hydrogens (tertiary/aromatic N) is 2. The van der Waals surface area contributed by atoms with E-state index in [0.717, 1.165) is 12.1 Å². The van der Waals surface area contributed by atoms with Gasteiger partial charge in [0.25, 0.3) is 11.5 Å². The van der Waals surface area contributed by atoms with Crippen LogP contribution in [-0.4, -0.2) is 15.5 Å². The molecule has 1 aromatic heterocycles. The average Bonchev–Trinajstić information content (AvgIpc) is 2.79. The lowest BCUT2D eigenvalue weighted by atomic mass is 10.1. The minimum Gasteiger partial charge on any atom is -0.326 e. The molecule has 0 aliphatic carbocycles. The normalized spacial score (nSPS) is 11.5. The van der Waals surface area contributed by atoms with Crippen LogP contribution in [0.1, 0.15) is 21.5 Å². The number of rotatable bonds is 4. The summed E-state index contributed by atoms with van der Waals surface area (Å²) >= 11 is 3.34. The molecule has 10 heteroatoms. The highest BCUT2D eigenvalue weighted by molar-refractivity contribution is 9.10. The van der Waals surface area contributed by atoms with Gasteiger partial charge < -0.3 is 11.1 Å². The monoisotopic (exact) mass is 516 g/mol. The zero-order valence-corrected chi connectivity index (χ0v) is 18.4. The number of anilines is 1. The lowest BCUT2D eigenvalue weighted by Gasteiger charge is -2.14. The number of fused-ring (bicyclic) bond motifs is 1. The van der Waals surface area contributed by atoms with E-state index in [2.05, 4.69) is 26.2 Å². The maximum Gasteiger partial charge on any atom is 0.416 e. The first-order valence-electron chi connectivity index (χ1n) is 9.66. The van der Waals surface area contributed by atoms with E-state index < -0.39 is 17.6 Å². The molecule has 0 saturated carbocycles. The van der Waals surface area contributed by atoms with Crippen LogP contribution in [0.2, 0.25) is 0 Å². The standard InChI is InChI=1S/C23H16BrF3N4O2/c24-16-5-7-19-18(9-16)22(33)31(12-29-19)20-10-17(6-4-14(20)11-28)30-21(32)13-2-1-3-15(8-13)23(25,26)27/h1-10,12H,11,28H2,(H,30,32). The first-order valence-corrected chi connectivity index (χ1v) is 10.5. The van der Waals surface area contributed by atoms with Crippen LogP contribution in [-0.2, 0) is 12.7 Å². The van der Waals surface area contributed by atoms with Crippen molar-refractivity contribution >= 4 is 38.4 Å². The molecule has 6 nitrogen and oxygen atoms in total. The van der Waals surface area contributed by atoms with Gasteiger partial charge in [0, 0.05) is 22.3 Å². The molecule has 0 saturated heterocycles. The zero-order chi connectivity index (χ0) is 23.8. The molecule has 0 unspecified atom stereocenters. The molecule has 0 bridgehead atoms. The third-order valence-electron chi connectivity index (χ3n) is 4.99. The lowest BCUT2D eigenvalue weighted by Crippen LogP contribution is -2.21. The Kier molecular flexibility index (Phi) is 6.05. The molecule has 0 fully saturated rings. The molecule has 3 N–H and O–H groups in total. The summed E-state index contributed by atoms with van der Waals surface area (Å²) in [7, 11) is 0. The number of hydrogen-bond donors (Lipinski definition) is 2. The summed E-state index contributed by atoms with van der Waals surface area (Å²) in [4.78, 5) is 30.0. The number of nitrogens with one attached hydrogen (secondary N) is 1. The fourth-order valence-corrected chi connectivity index (χ4v) is 3.71. The quantitative estimate of drug-likeness (QED) is 0.404. The predicted octanol–water partition coefficient (Wildman–Crippen LogP) is 4.88. The summed E-state index contributed by atoms with van der Waals surface area (Å²) in [5.74, 6) is -0.722. The Morgan fingerprint density at radius 2 is 1.88 bits per heavy atom. The van der Waals surface area contributed by atoms with Crippen LogP contribution < -0.4 is 16.6 Å². The molecule has 4 aromatic rings. The Morgan fingerprint density at radius 3 is 2.61 bits per heavy atom. The Labute approximate surface area is 194 Å². The molecule has 1 heterocycles. The van der Waals surface area contributed by atoms with E-state index in [1.807, 2.05) is 0 Å². The van der Waals surface area contributed by atoms with Gasteiger partial charge in [-0.2, -0.15) is 13.2 Å². The van der Waals surface area contributed by atoms with Gasteiger partial charge in [0.2, 0.25) is 0 Å². The maximum atomic E-state index is 13.1. The topological polar surface area (TPSA) is 90.0 Å². The Balaban J connectivity index is 1.73. The Morgan fingerprint density at radius 1 is 1.09 bits per heavy atom. The van der Waals surface area contributed by atoms with Crippen molar-refractivity contribution in [3.05, 3.63) is 98.5 Å². The van der Waals surface area contributed by atoms with Crippen molar-refractivity contribution < 1.29 is 18.0 Å². The fourth-order valence-electron chi connectivity index (χ4n) is 3.34. The fraction of sp³-hybridized carbons (Fsp3) is 0.0870. The second-order valence-electron chi connectivity index (χ2n) is 7.16. The van der Waals surface area contributed by atoms with Gasteiger partial charge in [-0.15, -0.1) is 0 Å². The van der Waals surface area contributed by atoms with E-state index in [0.29, 0.717) is 26.6 Å². The van der Waals surface area contributed by atoms with Crippen molar-refractivity contribution in [2.75, 3.05) is 5.32 Å². The van der Waals surface area contributed by atoms with E-state index in [1.165, 1.54) is 29.1 Å². The summed E-state index contributed by atoms with van der Waals surface area (Å²) in [6, 6.07) is 14.0. The van der Waals surface area contributed by atoms with Crippen molar-refractivity contribution in [2.45, 2.75) is 12.7 Å². The molecule has 33 heavy (non-hydrogen) atoms. The molecule has 168 valence electrons. The zero-order valence-electron chi connectivity index (χ0n) is 16.9. The average molecular weight is 517 g/mol. The largest absolute Gasteiger partial charge is 0.416 e. The van der Waals surface area contributed by atoms with Crippen molar-refractivity contribution in [2.24, 2.45) is 5.73 Å². The van der Waals surface area contributed by atoms with Crippen LogP contribution in [0.25, 0.3) is 16.6 Å². The van der Waals surface area contributed by atoms with Crippen molar-refractivity contribution in [3.63, 3.8) is 0 Å². The van der Waals surface area contributed by atoms with E-state index in [-0.39, 0.29) is 23.4 Å². The number of aromatic nitrogens is 2. The molecular formula is C23H16BrF3N4O2. The highest BCUT2D eigenvalue weighted by Crippen LogP contribution is 2.30. The molecule has 4 rings (SSSR count). The van der Waals surface area contributed by atoms with Crippen LogP contribution in [0, 0.1) is 0 Å². The number of carbonyl (C=O) groups excluding carboxylic acids is 1. The van der Waals surface area contributed by atoms with E-state index in [1.54, 1.807) is 30.3 Å². The Bertz CT molecular complexity index is 1430. The number of nitrogens with two attached hydrogens (primary N) is 1. The second kappa shape index (κ2) is 8.80. The summed E-state index contributed by atoms with van der Waals surface area (Å²) in [5.41, 5.74) is 6.25. The third-order valence-corrected chi connectivity index (χ3v) is 5.49. The molecule has 1 amide bonds. The molecule has 0 atom stereocenters. The highest BCUT2D eigenvalue weighted by atomic mass is 79.9. The van der Waals surface area contributed by atoms with Gasteiger partial charge in [0.05, 0.1) is 22.2 Å². The van der Waals surface area contributed by atoms with Crippen LogP contribution in [0.3, 0.4) is 0 Å². The molecule has 0 aliphatic heterocycles. The first kappa shape index (κ1) is 22.7. The molecule has 3 aromatic carbocycles. The number of benzene rings is 3. The van der Waals surface area contributed by atoms with Gasteiger partial charge in [-0.25, -0.2) is 4.98 Å². The minimum absolute atomic E-state index is 0.111. The highest BCUT2D eigenvalue weighted by Gasteiger charge is 2.30. The number of alkyl halides is 3. The van der Waals surface area contributed by atoms with Gasteiger partial charge in [-0.3, -0.25) is 14.2 Å². The summed E-state index contributed by atoms with van der Waals surface area (Å²) < 4.78 is 40.9. The van der Waals surface area contributed by atoms with Crippen molar-refractivity contribution in [1.29, 1.82) is 0 Å². The van der Waals surface area contributed by atoms with Crippen LogP contribution in [0.4, 0.5) is 18.9 Å². The van der Waals surface area contributed by atoms with Gasteiger partial charge in [-0.05, 0) is 54.1 Å². The summed E-state index contributed by atoms with van der Waals surface area (Å²) in [6.45, 7) is 0.111. The minimum atomic E-state index is -4.56. The summed E-state index contributed by atoms with van der Waals surface area (Å²) in [6.07, 6.45) is -3.20. The lowest BCUT2D eigenvalue weighted by molar-refractivity contribution is -0.137. The third kappa shape index (κ3) is 4.67. The van der Waals surface area contributed by atoms with Crippen molar-refractivity contribution in [1.82, 2.24) is 9.55 Å². The van der Waals surface area contributed by atoms with E-state index >= 15 is 0 Å². The predicted molar refractivity (Wildman–Crippen MR) is 122 cm³/mol. The summed E-state index contributed by atoms with van der Waals surface area (Å²) in [5, 5.41) is 2.96. The van der Waals surface area contributed by atoms with Crippen LogP contribution >= 0.6 is 15.9 Å². The molecular weight excluding hydrogens is 501 g/mol. The smallest absolute Gasteiger partial charge is 0.326 e. The van der Waals surface area contributed by atoms with E-state index in [9.17, 15) is 22.8 Å². The number of carbonyl (C=O) groups is 1. The second-order valence-corrected chi connectivity index (χ2v) is 8.08. The van der Waals surface area contributed by atoms with Gasteiger partial charge in [0.15, 0.2) is 0 Å². The first-order chi connectivity index (χ1) is 15.7. The maximum absolute atomic E-state index is 13.1. The number of halogens is 4. The van der Waals surface area contributed by atoms with Gasteiger partial charge in [0.1, 0.15) is 6.33 Å². The van der Waals surface area contributed by atoms with E-state index in [4.69, 9.17) is 5.73 Å². The van der Waals surface area contributed by atoms with Crippen molar-refractivity contribution in [3.8, 4) is 5.69 Å². The van der Waals surface area contributed by atoms with Crippen LogP contribution in [0.15, 0.2) is 76.3 Å². The SMILES string of the molecule is NCc1ccc(NC(=O)c2cccc(C(F)(F)F)c2)cc1-n1cnc2ccc(Br)cc2c1=O. The van der Waals surface area contributed by atoms with Crippen LogP contribution in [0.5, 0.6) is 0 Å². The number of hydrogen-bond acceptors (Lipinski definition) is 4. The molecule has 0 aliphatic rings. The molecule has 0 spiro atoms. The number of amides is 1. The molecule has 0 radical (unpaired) electrons. The van der Waals surface area contributed by atoms with Gasteiger partial charge >= 0.3 is 6.18 Å². The van der Waals surface area contributed by atoms with Gasteiger partial charge in [-0.1, -0.05) is 28.1 Å².